The summed E-state index contributed by atoms with van der Waals surface area (Å²) in [6.45, 7) is 0.523. The van der Waals surface area contributed by atoms with E-state index < -0.39 is 0 Å². The van der Waals surface area contributed by atoms with E-state index in [9.17, 15) is 4.79 Å². The van der Waals surface area contributed by atoms with Crippen LogP contribution in [0, 0.1) is 0 Å². The minimum Gasteiger partial charge on any atom is -0.350 e. The number of carbonyl (C=O) groups is 1. The molecule has 0 aliphatic carbocycles. The maximum absolute atomic E-state index is 12.7. The zero-order valence-electron chi connectivity index (χ0n) is 14.4. The number of nitrogens with zero attached hydrogens (tertiary/aromatic N) is 2. The van der Waals surface area contributed by atoms with Crippen LogP contribution < -0.4 is 5.32 Å². The zero-order chi connectivity index (χ0) is 17.6. The van der Waals surface area contributed by atoms with Gasteiger partial charge in [-0.15, -0.1) is 0 Å². The quantitative estimate of drug-likeness (QED) is 0.728. The summed E-state index contributed by atoms with van der Waals surface area (Å²) in [5, 5.41) is 10.0. The predicted octanol–water partition coefficient (Wildman–Crippen LogP) is 3.11. The number of aromatic amines is 1. The van der Waals surface area contributed by atoms with Gasteiger partial charge in [-0.25, -0.2) is 0 Å². The molecule has 1 atom stereocenters. The highest BCUT2D eigenvalue weighted by Gasteiger charge is 2.18. The summed E-state index contributed by atoms with van der Waals surface area (Å²) in [4.78, 5) is 14.8. The van der Waals surface area contributed by atoms with Gasteiger partial charge in [0.25, 0.3) is 5.91 Å². The lowest BCUT2D eigenvalue weighted by Gasteiger charge is -2.25. The Morgan fingerprint density at radius 1 is 1.08 bits per heavy atom. The summed E-state index contributed by atoms with van der Waals surface area (Å²) in [5.74, 6) is -0.129. The third-order valence-corrected chi connectivity index (χ3v) is 4.21. The van der Waals surface area contributed by atoms with Crippen LogP contribution >= 0.6 is 0 Å². The van der Waals surface area contributed by atoms with Crippen LogP contribution in [0.2, 0.25) is 0 Å². The smallest absolute Gasteiger partial charge is 0.255 e. The summed E-state index contributed by atoms with van der Waals surface area (Å²) in [7, 11) is 4.02. The van der Waals surface area contributed by atoms with Crippen molar-refractivity contribution in [3.05, 3.63) is 78.0 Å². The van der Waals surface area contributed by atoms with Gasteiger partial charge in [0.2, 0.25) is 0 Å². The van der Waals surface area contributed by atoms with Gasteiger partial charge in [-0.1, -0.05) is 60.7 Å². The van der Waals surface area contributed by atoms with E-state index in [1.807, 2.05) is 62.6 Å². The molecule has 0 aliphatic rings. The van der Waals surface area contributed by atoms with Crippen LogP contribution in [0.15, 0.2) is 66.9 Å². The van der Waals surface area contributed by atoms with Gasteiger partial charge < -0.3 is 10.2 Å². The number of amides is 1. The Labute approximate surface area is 147 Å². The van der Waals surface area contributed by atoms with Crippen LogP contribution in [0.3, 0.4) is 0 Å². The normalized spacial score (nSPS) is 12.1. The molecule has 0 saturated heterocycles. The van der Waals surface area contributed by atoms with Gasteiger partial charge in [0, 0.05) is 12.1 Å². The highest BCUT2D eigenvalue weighted by molar-refractivity contribution is 5.99. The average molecular weight is 334 g/mol. The molecule has 0 aliphatic heterocycles. The Hall–Kier alpha value is -2.92. The van der Waals surface area contributed by atoms with E-state index >= 15 is 0 Å². The van der Waals surface area contributed by atoms with Gasteiger partial charge in [-0.2, -0.15) is 5.10 Å². The Kier molecular flexibility index (Phi) is 5.26. The molecule has 0 radical (unpaired) electrons. The van der Waals surface area contributed by atoms with E-state index in [1.165, 1.54) is 5.56 Å². The summed E-state index contributed by atoms with van der Waals surface area (Å²) in [6, 6.07) is 20.0. The fourth-order valence-electron chi connectivity index (χ4n) is 2.84. The fourth-order valence-corrected chi connectivity index (χ4v) is 2.84. The van der Waals surface area contributed by atoms with Gasteiger partial charge >= 0.3 is 0 Å². The third kappa shape index (κ3) is 3.95. The second kappa shape index (κ2) is 7.77. The molecular formula is C20H22N4O. The largest absolute Gasteiger partial charge is 0.350 e. The topological polar surface area (TPSA) is 61.0 Å². The van der Waals surface area contributed by atoms with Crippen molar-refractivity contribution >= 4 is 5.91 Å². The van der Waals surface area contributed by atoms with E-state index in [0.717, 1.165) is 11.3 Å². The van der Waals surface area contributed by atoms with Crippen molar-refractivity contribution in [3.63, 3.8) is 0 Å². The Balaban J connectivity index is 1.74. The molecule has 128 valence electrons. The number of carbonyl (C=O) groups excluding carboxylic acids is 1. The third-order valence-electron chi connectivity index (χ3n) is 4.21. The summed E-state index contributed by atoms with van der Waals surface area (Å²) >= 11 is 0. The number of benzene rings is 2. The number of likely N-dealkylation sites (N-methyl/N-ethyl adjacent to an activating group) is 1. The maximum atomic E-state index is 12.7. The molecular weight excluding hydrogens is 312 g/mol. The molecule has 2 aromatic carbocycles. The lowest BCUT2D eigenvalue weighted by Crippen LogP contribution is -2.34. The number of hydrogen-bond donors (Lipinski definition) is 2. The number of H-pyrrole nitrogens is 1. The van der Waals surface area contributed by atoms with E-state index in [-0.39, 0.29) is 11.9 Å². The van der Waals surface area contributed by atoms with Crippen LogP contribution in [0.1, 0.15) is 22.0 Å². The molecule has 2 N–H and O–H groups in total. The van der Waals surface area contributed by atoms with Crippen molar-refractivity contribution in [1.82, 2.24) is 20.4 Å². The summed E-state index contributed by atoms with van der Waals surface area (Å²) in [5.41, 5.74) is 3.40. The minimum atomic E-state index is -0.129. The molecule has 0 spiro atoms. The van der Waals surface area contributed by atoms with Crippen LogP contribution in [0.4, 0.5) is 0 Å². The van der Waals surface area contributed by atoms with Gasteiger partial charge in [-0.05, 0) is 19.7 Å². The molecule has 3 rings (SSSR count). The van der Waals surface area contributed by atoms with E-state index in [2.05, 4.69) is 32.5 Å². The van der Waals surface area contributed by atoms with Crippen LogP contribution in [-0.2, 0) is 0 Å². The average Bonchev–Trinajstić information content (AvgIpc) is 3.13. The highest BCUT2D eigenvalue weighted by Crippen LogP contribution is 2.21. The van der Waals surface area contributed by atoms with Gasteiger partial charge in [0.05, 0.1) is 23.5 Å². The molecule has 0 saturated carbocycles. The highest BCUT2D eigenvalue weighted by atomic mass is 16.1. The molecule has 1 aromatic heterocycles. The van der Waals surface area contributed by atoms with E-state index in [1.54, 1.807) is 6.20 Å². The molecule has 25 heavy (non-hydrogen) atoms. The summed E-state index contributed by atoms with van der Waals surface area (Å²) in [6.07, 6.45) is 1.57. The van der Waals surface area contributed by atoms with Crippen molar-refractivity contribution in [2.24, 2.45) is 0 Å². The van der Waals surface area contributed by atoms with Gasteiger partial charge in [0.15, 0.2) is 0 Å². The summed E-state index contributed by atoms with van der Waals surface area (Å²) < 4.78 is 0. The Morgan fingerprint density at radius 2 is 1.72 bits per heavy atom. The zero-order valence-corrected chi connectivity index (χ0v) is 14.4. The first-order valence-electron chi connectivity index (χ1n) is 8.25. The lowest BCUT2D eigenvalue weighted by atomic mass is 10.1. The molecule has 1 heterocycles. The maximum Gasteiger partial charge on any atom is 0.255 e. The first-order chi connectivity index (χ1) is 12.2. The molecule has 0 fully saturated rings. The van der Waals surface area contributed by atoms with Gasteiger partial charge in [-0.3, -0.25) is 9.89 Å². The number of rotatable bonds is 6. The lowest BCUT2D eigenvalue weighted by molar-refractivity contribution is 0.0942. The number of hydrogen-bond acceptors (Lipinski definition) is 3. The van der Waals surface area contributed by atoms with Crippen molar-refractivity contribution in [1.29, 1.82) is 0 Å². The molecule has 3 aromatic rings. The number of aromatic nitrogens is 2. The number of nitrogens with one attached hydrogen (secondary N) is 2. The SMILES string of the molecule is CN(C)C(CNC(=O)c1cn[nH]c1-c1ccccc1)c1ccccc1. The van der Waals surface area contributed by atoms with Crippen molar-refractivity contribution in [3.8, 4) is 11.3 Å². The van der Waals surface area contributed by atoms with Crippen molar-refractivity contribution < 1.29 is 4.79 Å². The first kappa shape index (κ1) is 16.9. The molecule has 5 nitrogen and oxygen atoms in total. The fraction of sp³-hybridized carbons (Fsp3) is 0.200. The standard InChI is InChI=1S/C20H22N4O/c1-24(2)18(15-9-5-3-6-10-15)14-21-20(25)17-13-22-23-19(17)16-11-7-4-8-12-16/h3-13,18H,14H2,1-2H3,(H,21,25)(H,22,23). The molecule has 1 unspecified atom stereocenters. The molecule has 0 bridgehead atoms. The first-order valence-corrected chi connectivity index (χ1v) is 8.25. The van der Waals surface area contributed by atoms with E-state index in [0.29, 0.717) is 12.1 Å². The van der Waals surface area contributed by atoms with Crippen LogP contribution in [0.25, 0.3) is 11.3 Å². The Bertz CT molecular complexity index is 812. The van der Waals surface area contributed by atoms with Crippen molar-refractivity contribution in [2.75, 3.05) is 20.6 Å². The second-order valence-electron chi connectivity index (χ2n) is 6.12. The monoisotopic (exact) mass is 334 g/mol. The molecule has 5 heteroatoms. The second-order valence-corrected chi connectivity index (χ2v) is 6.12. The Morgan fingerprint density at radius 3 is 2.36 bits per heavy atom. The predicted molar refractivity (Wildman–Crippen MR) is 99.2 cm³/mol. The minimum absolute atomic E-state index is 0.109. The van der Waals surface area contributed by atoms with Crippen LogP contribution in [-0.4, -0.2) is 41.6 Å². The van der Waals surface area contributed by atoms with E-state index in [4.69, 9.17) is 0 Å². The molecule has 1 amide bonds. The van der Waals surface area contributed by atoms with Gasteiger partial charge in [0.1, 0.15) is 0 Å². The van der Waals surface area contributed by atoms with Crippen LogP contribution in [0.5, 0.6) is 0 Å². The van der Waals surface area contributed by atoms with Crippen molar-refractivity contribution in [2.45, 2.75) is 6.04 Å².